The normalized spacial score (nSPS) is 15.9. The van der Waals surface area contributed by atoms with Crippen LogP contribution in [0.15, 0.2) is 42.6 Å². The van der Waals surface area contributed by atoms with Gasteiger partial charge in [0.1, 0.15) is 0 Å². The first-order valence-electron chi connectivity index (χ1n) is 9.81. The molecule has 0 unspecified atom stereocenters. The lowest BCUT2D eigenvalue weighted by molar-refractivity contribution is 0.145. The fourth-order valence-corrected chi connectivity index (χ4v) is 3.50. The van der Waals surface area contributed by atoms with Crippen molar-refractivity contribution in [2.45, 2.75) is 13.0 Å². The van der Waals surface area contributed by atoms with Crippen LogP contribution in [0.5, 0.6) is 5.88 Å². The second-order valence-corrected chi connectivity index (χ2v) is 7.29. The van der Waals surface area contributed by atoms with Crippen LogP contribution in [-0.2, 0) is 6.61 Å². The van der Waals surface area contributed by atoms with Crippen molar-refractivity contribution < 1.29 is 9.84 Å². The summed E-state index contributed by atoms with van der Waals surface area (Å²) in [6.45, 7) is 6.26. The molecule has 1 aromatic carbocycles. The molecule has 3 aromatic rings. The van der Waals surface area contributed by atoms with Crippen molar-refractivity contribution in [3.8, 4) is 17.1 Å². The van der Waals surface area contributed by atoms with E-state index in [1.807, 2.05) is 36.4 Å². The van der Waals surface area contributed by atoms with E-state index in [1.54, 1.807) is 10.7 Å². The smallest absolute Gasteiger partial charge is 0.231 e. The summed E-state index contributed by atoms with van der Waals surface area (Å²) in [5.41, 5.74) is 3.49. The van der Waals surface area contributed by atoms with Crippen LogP contribution in [-0.4, -0.2) is 75.9 Å². The summed E-state index contributed by atoms with van der Waals surface area (Å²) in [5, 5.41) is 14.0. The highest BCUT2D eigenvalue weighted by atomic mass is 16.5. The van der Waals surface area contributed by atoms with Crippen LogP contribution in [0.1, 0.15) is 12.0 Å². The average molecular weight is 381 g/mol. The molecule has 28 heavy (non-hydrogen) atoms. The molecule has 4 rings (SSSR count). The highest BCUT2D eigenvalue weighted by Crippen LogP contribution is 2.22. The molecule has 0 bridgehead atoms. The van der Waals surface area contributed by atoms with Crippen molar-refractivity contribution in [1.29, 1.82) is 0 Å². The molecule has 1 aliphatic heterocycles. The van der Waals surface area contributed by atoms with E-state index in [0.29, 0.717) is 12.5 Å². The van der Waals surface area contributed by atoms with Gasteiger partial charge in [-0.3, -0.25) is 0 Å². The third kappa shape index (κ3) is 4.32. The van der Waals surface area contributed by atoms with Gasteiger partial charge < -0.3 is 19.6 Å². The van der Waals surface area contributed by atoms with E-state index in [4.69, 9.17) is 4.74 Å². The SMILES string of the molecule is CN1CCN(CCCOc2ccc3ncc(-c4cccc(CO)c4)n3n2)CC1. The minimum Gasteiger partial charge on any atom is -0.477 e. The van der Waals surface area contributed by atoms with E-state index in [1.165, 1.54) is 0 Å². The highest BCUT2D eigenvalue weighted by molar-refractivity contribution is 5.63. The molecule has 0 aliphatic carbocycles. The number of nitrogens with zero attached hydrogens (tertiary/aromatic N) is 5. The zero-order chi connectivity index (χ0) is 19.3. The van der Waals surface area contributed by atoms with Gasteiger partial charge in [-0.25, -0.2) is 9.50 Å². The van der Waals surface area contributed by atoms with Crippen LogP contribution >= 0.6 is 0 Å². The summed E-state index contributed by atoms with van der Waals surface area (Å²) in [7, 11) is 2.17. The number of piperazine rings is 1. The Kier molecular flexibility index (Phi) is 5.85. The summed E-state index contributed by atoms with van der Waals surface area (Å²) in [5.74, 6) is 0.600. The molecule has 1 saturated heterocycles. The molecule has 0 spiro atoms. The Labute approximate surface area is 165 Å². The van der Waals surface area contributed by atoms with E-state index >= 15 is 0 Å². The fourth-order valence-electron chi connectivity index (χ4n) is 3.50. The number of likely N-dealkylation sites (N-methyl/N-ethyl adjacent to an activating group) is 1. The molecular weight excluding hydrogens is 354 g/mol. The van der Waals surface area contributed by atoms with Crippen LogP contribution in [0, 0.1) is 0 Å². The summed E-state index contributed by atoms with van der Waals surface area (Å²) in [4.78, 5) is 9.28. The van der Waals surface area contributed by atoms with Crippen molar-refractivity contribution in [3.05, 3.63) is 48.2 Å². The second kappa shape index (κ2) is 8.68. The Morgan fingerprint density at radius 1 is 1.11 bits per heavy atom. The number of aliphatic hydroxyl groups excluding tert-OH is 1. The third-order valence-corrected chi connectivity index (χ3v) is 5.21. The number of hydrogen-bond donors (Lipinski definition) is 1. The first-order chi connectivity index (χ1) is 13.7. The molecule has 148 valence electrons. The molecule has 7 heteroatoms. The first kappa shape index (κ1) is 18.9. The number of imidazole rings is 1. The van der Waals surface area contributed by atoms with Crippen LogP contribution in [0.2, 0.25) is 0 Å². The maximum Gasteiger partial charge on any atom is 0.231 e. The van der Waals surface area contributed by atoms with Gasteiger partial charge in [-0.2, -0.15) is 0 Å². The highest BCUT2D eigenvalue weighted by Gasteiger charge is 2.13. The van der Waals surface area contributed by atoms with Gasteiger partial charge in [0.25, 0.3) is 0 Å². The second-order valence-electron chi connectivity index (χ2n) is 7.29. The van der Waals surface area contributed by atoms with Crippen molar-refractivity contribution in [2.75, 3.05) is 46.4 Å². The van der Waals surface area contributed by atoms with E-state index in [2.05, 4.69) is 26.9 Å². The largest absolute Gasteiger partial charge is 0.477 e. The number of ether oxygens (including phenoxy) is 1. The maximum absolute atomic E-state index is 9.38. The molecular formula is C21H27N5O2. The molecule has 7 nitrogen and oxygen atoms in total. The van der Waals surface area contributed by atoms with E-state index in [0.717, 1.165) is 61.6 Å². The molecule has 1 aliphatic rings. The lowest BCUT2D eigenvalue weighted by atomic mass is 10.1. The quantitative estimate of drug-likeness (QED) is 0.631. The number of fused-ring (bicyclic) bond motifs is 1. The van der Waals surface area contributed by atoms with Crippen LogP contribution in [0.25, 0.3) is 16.9 Å². The summed E-state index contributed by atoms with van der Waals surface area (Å²) < 4.78 is 7.69. The van der Waals surface area contributed by atoms with Crippen molar-refractivity contribution >= 4 is 5.65 Å². The maximum atomic E-state index is 9.38. The number of aliphatic hydroxyl groups is 1. The van der Waals surface area contributed by atoms with E-state index in [-0.39, 0.29) is 6.61 Å². The van der Waals surface area contributed by atoms with Crippen LogP contribution < -0.4 is 4.74 Å². The minimum absolute atomic E-state index is 0.0136. The van der Waals surface area contributed by atoms with Crippen molar-refractivity contribution in [1.82, 2.24) is 24.4 Å². The Hall–Kier alpha value is -2.48. The Morgan fingerprint density at radius 2 is 1.96 bits per heavy atom. The molecule has 1 N–H and O–H groups in total. The summed E-state index contributed by atoms with van der Waals surface area (Å²) in [6.07, 6.45) is 2.79. The number of aromatic nitrogens is 3. The topological polar surface area (TPSA) is 66.1 Å². The van der Waals surface area contributed by atoms with Gasteiger partial charge in [0.2, 0.25) is 5.88 Å². The molecule has 0 atom stereocenters. The zero-order valence-electron chi connectivity index (χ0n) is 16.3. The van der Waals surface area contributed by atoms with Crippen molar-refractivity contribution in [2.24, 2.45) is 0 Å². The molecule has 1 fully saturated rings. The average Bonchev–Trinajstić information content (AvgIpc) is 3.16. The number of hydrogen-bond acceptors (Lipinski definition) is 6. The van der Waals surface area contributed by atoms with Gasteiger partial charge in [-0.05, 0) is 31.2 Å². The summed E-state index contributed by atoms with van der Waals surface area (Å²) >= 11 is 0. The zero-order valence-corrected chi connectivity index (χ0v) is 16.3. The summed E-state index contributed by atoms with van der Waals surface area (Å²) in [6, 6.07) is 11.6. The first-order valence-corrected chi connectivity index (χ1v) is 9.81. The Balaban J connectivity index is 1.40. The standard InChI is InChI=1S/C21H27N5O2/c1-24-9-11-25(12-10-24)8-3-13-28-21-7-6-20-22-15-19(26(20)23-21)18-5-2-4-17(14-18)16-27/h2,4-7,14-15,27H,3,8-13,16H2,1H3. The van der Waals surface area contributed by atoms with Crippen LogP contribution in [0.4, 0.5) is 0 Å². The van der Waals surface area contributed by atoms with Gasteiger partial charge in [-0.15, -0.1) is 5.10 Å². The molecule has 2 aromatic heterocycles. The van der Waals surface area contributed by atoms with Crippen LogP contribution in [0.3, 0.4) is 0 Å². The van der Waals surface area contributed by atoms with E-state index in [9.17, 15) is 5.11 Å². The van der Waals surface area contributed by atoms with Gasteiger partial charge in [0, 0.05) is 44.4 Å². The Bertz CT molecular complexity index is 918. The molecule has 3 heterocycles. The fraction of sp³-hybridized carbons (Fsp3) is 0.429. The number of benzene rings is 1. The lowest BCUT2D eigenvalue weighted by Gasteiger charge is -2.32. The van der Waals surface area contributed by atoms with Gasteiger partial charge in [0.15, 0.2) is 5.65 Å². The third-order valence-electron chi connectivity index (χ3n) is 5.21. The molecule has 0 saturated carbocycles. The van der Waals surface area contributed by atoms with E-state index < -0.39 is 0 Å². The van der Waals surface area contributed by atoms with Gasteiger partial charge in [0.05, 0.1) is 25.1 Å². The molecule has 0 amide bonds. The predicted octanol–water partition coefficient (Wildman–Crippen LogP) is 1.90. The number of rotatable bonds is 7. The Morgan fingerprint density at radius 3 is 2.79 bits per heavy atom. The van der Waals surface area contributed by atoms with Gasteiger partial charge >= 0.3 is 0 Å². The monoisotopic (exact) mass is 381 g/mol. The molecule has 0 radical (unpaired) electrons. The van der Waals surface area contributed by atoms with Gasteiger partial charge in [-0.1, -0.05) is 18.2 Å². The minimum atomic E-state index is 0.0136. The predicted molar refractivity (Wildman–Crippen MR) is 108 cm³/mol. The van der Waals surface area contributed by atoms with Crippen molar-refractivity contribution in [3.63, 3.8) is 0 Å². The lowest BCUT2D eigenvalue weighted by Crippen LogP contribution is -2.44.